The van der Waals surface area contributed by atoms with Crippen LogP contribution >= 0.6 is 0 Å². The van der Waals surface area contributed by atoms with Gasteiger partial charge in [-0.3, -0.25) is 9.59 Å². The molecule has 9 nitrogen and oxygen atoms in total. The van der Waals surface area contributed by atoms with Gasteiger partial charge in [0.15, 0.2) is 0 Å². The number of amides is 2. The minimum atomic E-state index is -0.940. The van der Waals surface area contributed by atoms with Crippen molar-refractivity contribution in [1.82, 2.24) is 5.43 Å². The van der Waals surface area contributed by atoms with E-state index in [0.29, 0.717) is 40.7 Å². The van der Waals surface area contributed by atoms with Crippen LogP contribution in [0.5, 0.6) is 17.2 Å². The second-order valence-electron chi connectivity index (χ2n) is 6.74. The summed E-state index contributed by atoms with van der Waals surface area (Å²) >= 11 is 0. The van der Waals surface area contributed by atoms with Gasteiger partial charge >= 0.3 is 17.8 Å². The zero-order valence-corrected chi connectivity index (χ0v) is 18.6. The SMILES string of the molecule is CCOc1ccccc1NC(=O)C(=O)N/N=C/c1ccc(OC(=O)c2ccccc2OC)cc1. The fraction of sp³-hybridized carbons (Fsp3) is 0.120. The number of hydrogen-bond acceptors (Lipinski definition) is 7. The molecule has 0 bridgehead atoms. The number of hydrazone groups is 1. The Morgan fingerprint density at radius 2 is 1.56 bits per heavy atom. The van der Waals surface area contributed by atoms with Crippen molar-refractivity contribution in [1.29, 1.82) is 0 Å². The predicted molar refractivity (Wildman–Crippen MR) is 126 cm³/mol. The van der Waals surface area contributed by atoms with Crippen molar-refractivity contribution in [2.45, 2.75) is 6.92 Å². The zero-order valence-electron chi connectivity index (χ0n) is 18.6. The summed E-state index contributed by atoms with van der Waals surface area (Å²) in [5.74, 6) is -1.18. The monoisotopic (exact) mass is 461 g/mol. The average Bonchev–Trinajstić information content (AvgIpc) is 2.86. The largest absolute Gasteiger partial charge is 0.496 e. The molecule has 0 radical (unpaired) electrons. The van der Waals surface area contributed by atoms with Crippen molar-refractivity contribution in [3.05, 3.63) is 83.9 Å². The number of nitrogens with zero attached hydrogens (tertiary/aromatic N) is 1. The number of hydrogen-bond donors (Lipinski definition) is 2. The summed E-state index contributed by atoms with van der Waals surface area (Å²) in [6.07, 6.45) is 1.35. The standard InChI is InChI=1S/C25H23N3O6/c1-3-33-22-11-7-5-9-20(22)27-23(29)24(30)28-26-16-17-12-14-18(15-13-17)34-25(31)19-8-4-6-10-21(19)32-2/h4-16H,3H2,1-2H3,(H,27,29)(H,28,30)/b26-16+. The summed E-state index contributed by atoms with van der Waals surface area (Å²) < 4.78 is 15.9. The normalized spacial score (nSPS) is 10.4. The van der Waals surface area contributed by atoms with Crippen LogP contribution in [0.15, 0.2) is 77.9 Å². The van der Waals surface area contributed by atoms with Crippen LogP contribution in [0.3, 0.4) is 0 Å². The van der Waals surface area contributed by atoms with E-state index in [1.165, 1.54) is 13.3 Å². The third-order valence-corrected chi connectivity index (χ3v) is 4.44. The molecule has 0 aliphatic heterocycles. The molecule has 2 amide bonds. The van der Waals surface area contributed by atoms with E-state index in [1.54, 1.807) is 72.8 Å². The molecule has 0 unspecified atom stereocenters. The Kier molecular flexibility index (Phi) is 8.34. The van der Waals surface area contributed by atoms with Gasteiger partial charge in [0.1, 0.15) is 22.8 Å². The summed E-state index contributed by atoms with van der Waals surface area (Å²) in [6, 6.07) is 20.0. The van der Waals surface area contributed by atoms with E-state index in [1.807, 2.05) is 6.92 Å². The highest BCUT2D eigenvalue weighted by Gasteiger charge is 2.15. The van der Waals surface area contributed by atoms with Gasteiger partial charge in [-0.25, -0.2) is 10.2 Å². The minimum absolute atomic E-state index is 0.306. The number of ether oxygens (including phenoxy) is 3. The number of anilines is 1. The zero-order chi connectivity index (χ0) is 24.3. The fourth-order valence-corrected chi connectivity index (χ4v) is 2.84. The topological polar surface area (TPSA) is 115 Å². The van der Waals surface area contributed by atoms with E-state index >= 15 is 0 Å². The number of carbonyl (C=O) groups excluding carboxylic acids is 3. The van der Waals surface area contributed by atoms with Crippen molar-refractivity contribution >= 4 is 29.7 Å². The lowest BCUT2D eigenvalue weighted by atomic mass is 10.2. The highest BCUT2D eigenvalue weighted by Crippen LogP contribution is 2.23. The quantitative estimate of drug-likeness (QED) is 0.175. The van der Waals surface area contributed by atoms with Crippen molar-refractivity contribution in [2.75, 3.05) is 19.0 Å². The van der Waals surface area contributed by atoms with E-state index in [-0.39, 0.29) is 0 Å². The molecule has 0 saturated carbocycles. The molecule has 0 aliphatic carbocycles. The van der Waals surface area contributed by atoms with E-state index in [4.69, 9.17) is 14.2 Å². The Labute approximate surface area is 196 Å². The molecule has 174 valence electrons. The van der Waals surface area contributed by atoms with Gasteiger partial charge in [-0.15, -0.1) is 0 Å². The van der Waals surface area contributed by atoms with Crippen LogP contribution in [-0.4, -0.2) is 37.7 Å². The second kappa shape index (κ2) is 11.8. The first kappa shape index (κ1) is 24.0. The molecular formula is C25H23N3O6. The van der Waals surface area contributed by atoms with E-state index < -0.39 is 17.8 Å². The van der Waals surface area contributed by atoms with E-state index in [0.717, 1.165) is 0 Å². The summed E-state index contributed by atoms with van der Waals surface area (Å²) in [7, 11) is 1.47. The summed E-state index contributed by atoms with van der Waals surface area (Å²) in [5.41, 5.74) is 3.46. The first-order valence-corrected chi connectivity index (χ1v) is 10.3. The predicted octanol–water partition coefficient (Wildman–Crippen LogP) is 3.40. The van der Waals surface area contributed by atoms with Crippen LogP contribution in [-0.2, 0) is 9.59 Å². The van der Waals surface area contributed by atoms with Crippen LogP contribution in [0.25, 0.3) is 0 Å². The van der Waals surface area contributed by atoms with Crippen LogP contribution in [0.4, 0.5) is 5.69 Å². The lowest BCUT2D eigenvalue weighted by molar-refractivity contribution is -0.136. The summed E-state index contributed by atoms with van der Waals surface area (Å²) in [5, 5.41) is 6.27. The highest BCUT2D eigenvalue weighted by atomic mass is 16.5. The number of benzene rings is 3. The number of nitrogens with one attached hydrogen (secondary N) is 2. The van der Waals surface area contributed by atoms with Crippen LogP contribution < -0.4 is 25.0 Å². The number of methoxy groups -OCH3 is 1. The van der Waals surface area contributed by atoms with Gasteiger partial charge in [-0.2, -0.15) is 5.10 Å². The van der Waals surface area contributed by atoms with Gasteiger partial charge in [0.2, 0.25) is 0 Å². The molecule has 0 aromatic heterocycles. The lowest BCUT2D eigenvalue weighted by Gasteiger charge is -2.10. The molecule has 3 aromatic rings. The molecule has 0 aliphatic rings. The molecule has 34 heavy (non-hydrogen) atoms. The van der Waals surface area contributed by atoms with Crippen LogP contribution in [0, 0.1) is 0 Å². The molecule has 9 heteroatoms. The van der Waals surface area contributed by atoms with Crippen molar-refractivity contribution in [3.63, 3.8) is 0 Å². The Hall–Kier alpha value is -4.66. The number of esters is 1. The minimum Gasteiger partial charge on any atom is -0.496 e. The molecule has 0 fully saturated rings. The van der Waals surface area contributed by atoms with Crippen LogP contribution in [0.1, 0.15) is 22.8 Å². The highest BCUT2D eigenvalue weighted by molar-refractivity contribution is 6.39. The molecular weight excluding hydrogens is 438 g/mol. The summed E-state index contributed by atoms with van der Waals surface area (Å²) in [6.45, 7) is 2.23. The summed E-state index contributed by atoms with van der Waals surface area (Å²) in [4.78, 5) is 36.5. The smallest absolute Gasteiger partial charge is 0.347 e. The van der Waals surface area contributed by atoms with Gasteiger partial charge in [-0.1, -0.05) is 24.3 Å². The Morgan fingerprint density at radius 1 is 0.882 bits per heavy atom. The van der Waals surface area contributed by atoms with Crippen LogP contribution in [0.2, 0.25) is 0 Å². The number of para-hydroxylation sites is 3. The maximum atomic E-state index is 12.4. The third kappa shape index (κ3) is 6.42. The molecule has 2 N–H and O–H groups in total. The third-order valence-electron chi connectivity index (χ3n) is 4.44. The van der Waals surface area contributed by atoms with Gasteiger partial charge < -0.3 is 19.5 Å². The first-order valence-electron chi connectivity index (χ1n) is 10.3. The first-order chi connectivity index (χ1) is 16.5. The number of carbonyl (C=O) groups is 3. The van der Waals surface area contributed by atoms with E-state index in [9.17, 15) is 14.4 Å². The van der Waals surface area contributed by atoms with Gasteiger partial charge in [0, 0.05) is 0 Å². The van der Waals surface area contributed by atoms with Gasteiger partial charge in [0.05, 0.1) is 25.6 Å². The molecule has 0 saturated heterocycles. The maximum Gasteiger partial charge on any atom is 0.347 e. The molecule has 3 aromatic carbocycles. The molecule has 0 heterocycles. The second-order valence-corrected chi connectivity index (χ2v) is 6.74. The lowest BCUT2D eigenvalue weighted by Crippen LogP contribution is -2.32. The van der Waals surface area contributed by atoms with Crippen molar-refractivity contribution in [3.8, 4) is 17.2 Å². The maximum absolute atomic E-state index is 12.4. The van der Waals surface area contributed by atoms with E-state index in [2.05, 4.69) is 15.8 Å². The molecule has 0 spiro atoms. The fourth-order valence-electron chi connectivity index (χ4n) is 2.84. The van der Waals surface area contributed by atoms with Gasteiger partial charge in [-0.05, 0) is 61.0 Å². The molecule has 3 rings (SSSR count). The number of rotatable bonds is 8. The molecule has 0 atom stereocenters. The Bertz CT molecular complexity index is 1190. The van der Waals surface area contributed by atoms with Crippen molar-refractivity contribution in [2.24, 2.45) is 5.10 Å². The Morgan fingerprint density at radius 3 is 2.26 bits per heavy atom. The van der Waals surface area contributed by atoms with Gasteiger partial charge in [0.25, 0.3) is 0 Å². The average molecular weight is 461 g/mol. The van der Waals surface area contributed by atoms with Crippen molar-refractivity contribution < 1.29 is 28.6 Å². The Balaban J connectivity index is 1.53.